The van der Waals surface area contributed by atoms with Gasteiger partial charge in [0.25, 0.3) is 0 Å². The Morgan fingerprint density at radius 3 is 2.12 bits per heavy atom. The number of carboxylic acids is 1. The number of hydrogen-bond donors (Lipinski definition) is 2. The van der Waals surface area contributed by atoms with Crippen molar-refractivity contribution < 1.29 is 26.7 Å². The summed E-state index contributed by atoms with van der Waals surface area (Å²) in [6.07, 6.45) is 0. The predicted molar refractivity (Wildman–Crippen MR) is 90.8 cm³/mol. The standard InChI is InChI=1S/C15H14ClNO6S2/c1-10(15(18)19)17-25(22,23)14-4-2-3-13(9-14)24(20,21)12-7-5-11(16)6-8-12/h2-10,17H,1H3,(H,18,19)/t10-/m0/s1. The Kier molecular flexibility index (Phi) is 5.52. The van der Waals surface area contributed by atoms with Gasteiger partial charge in [0.2, 0.25) is 19.9 Å². The number of rotatable bonds is 6. The van der Waals surface area contributed by atoms with Crippen LogP contribution >= 0.6 is 11.6 Å². The molecule has 0 amide bonds. The van der Waals surface area contributed by atoms with E-state index < -0.39 is 31.9 Å². The number of hydrogen-bond acceptors (Lipinski definition) is 5. The fourth-order valence-electron chi connectivity index (χ4n) is 1.91. The molecule has 0 spiro atoms. The number of sulfonamides is 1. The highest BCUT2D eigenvalue weighted by atomic mass is 35.5. The first-order valence-electron chi connectivity index (χ1n) is 6.90. The van der Waals surface area contributed by atoms with Crippen molar-refractivity contribution in [1.29, 1.82) is 0 Å². The van der Waals surface area contributed by atoms with E-state index in [1.807, 2.05) is 4.72 Å². The van der Waals surface area contributed by atoms with E-state index in [1.54, 1.807) is 0 Å². The third-order valence-electron chi connectivity index (χ3n) is 3.25. The lowest BCUT2D eigenvalue weighted by Crippen LogP contribution is -2.38. The minimum absolute atomic E-state index is 0.0432. The Morgan fingerprint density at radius 2 is 1.56 bits per heavy atom. The van der Waals surface area contributed by atoms with Gasteiger partial charge < -0.3 is 5.11 Å². The van der Waals surface area contributed by atoms with Crippen molar-refractivity contribution in [2.75, 3.05) is 0 Å². The van der Waals surface area contributed by atoms with Crippen LogP contribution in [0.5, 0.6) is 0 Å². The fraction of sp³-hybridized carbons (Fsp3) is 0.133. The number of aliphatic carboxylic acids is 1. The van der Waals surface area contributed by atoms with Gasteiger partial charge >= 0.3 is 5.97 Å². The molecule has 0 radical (unpaired) electrons. The Bertz CT molecular complexity index is 1000. The van der Waals surface area contributed by atoms with Crippen LogP contribution in [0.25, 0.3) is 0 Å². The van der Waals surface area contributed by atoms with Crippen molar-refractivity contribution in [2.24, 2.45) is 0 Å². The van der Waals surface area contributed by atoms with E-state index in [-0.39, 0.29) is 14.7 Å². The van der Waals surface area contributed by atoms with Crippen LogP contribution in [0.4, 0.5) is 0 Å². The van der Waals surface area contributed by atoms with Gasteiger partial charge in [-0.2, -0.15) is 4.72 Å². The summed E-state index contributed by atoms with van der Waals surface area (Å²) < 4.78 is 51.6. The molecule has 0 unspecified atom stereocenters. The Hall–Kier alpha value is -1.94. The second-order valence-electron chi connectivity index (χ2n) is 5.11. The molecular weight excluding hydrogens is 390 g/mol. The van der Waals surface area contributed by atoms with Gasteiger partial charge in [-0.3, -0.25) is 4.79 Å². The van der Waals surface area contributed by atoms with Gasteiger partial charge in [0.15, 0.2) is 0 Å². The van der Waals surface area contributed by atoms with Crippen LogP contribution in [-0.2, 0) is 24.7 Å². The van der Waals surface area contributed by atoms with Crippen LogP contribution in [-0.4, -0.2) is 34.0 Å². The van der Waals surface area contributed by atoms with E-state index in [0.29, 0.717) is 5.02 Å². The topological polar surface area (TPSA) is 118 Å². The smallest absolute Gasteiger partial charge is 0.321 e. The minimum atomic E-state index is -4.19. The first-order chi connectivity index (χ1) is 11.5. The molecule has 0 aromatic heterocycles. The molecule has 0 aliphatic carbocycles. The summed E-state index contributed by atoms with van der Waals surface area (Å²) in [5.41, 5.74) is 0. The fourth-order valence-corrected chi connectivity index (χ4v) is 4.66. The molecule has 134 valence electrons. The molecule has 0 saturated heterocycles. The van der Waals surface area contributed by atoms with Crippen LogP contribution in [0.1, 0.15) is 6.92 Å². The van der Waals surface area contributed by atoms with Gasteiger partial charge in [0, 0.05) is 5.02 Å². The first-order valence-corrected chi connectivity index (χ1v) is 10.2. The van der Waals surface area contributed by atoms with Gasteiger partial charge in [-0.05, 0) is 49.4 Å². The normalized spacial score (nSPS) is 13.4. The average molecular weight is 404 g/mol. The molecule has 0 aliphatic rings. The van der Waals surface area contributed by atoms with Crippen LogP contribution in [0.3, 0.4) is 0 Å². The van der Waals surface area contributed by atoms with Crippen molar-refractivity contribution in [2.45, 2.75) is 27.7 Å². The summed E-state index contributed by atoms with van der Waals surface area (Å²) in [6, 6.07) is 8.75. The summed E-state index contributed by atoms with van der Waals surface area (Å²) >= 11 is 5.74. The number of benzene rings is 2. The van der Waals surface area contributed by atoms with E-state index in [9.17, 15) is 21.6 Å². The summed E-state index contributed by atoms with van der Waals surface area (Å²) in [5.74, 6) is -1.35. The number of carboxylic acid groups (broad SMARTS) is 1. The maximum Gasteiger partial charge on any atom is 0.321 e. The lowest BCUT2D eigenvalue weighted by Gasteiger charge is -2.11. The molecule has 0 heterocycles. The molecule has 25 heavy (non-hydrogen) atoms. The van der Waals surface area contributed by atoms with E-state index >= 15 is 0 Å². The van der Waals surface area contributed by atoms with Gasteiger partial charge in [0.05, 0.1) is 14.7 Å². The molecule has 10 heteroatoms. The molecule has 7 nitrogen and oxygen atoms in total. The number of carbonyl (C=O) groups is 1. The molecule has 2 rings (SSSR count). The molecule has 2 aromatic carbocycles. The highest BCUT2D eigenvalue weighted by Crippen LogP contribution is 2.24. The van der Waals surface area contributed by atoms with Crippen LogP contribution in [0.15, 0.2) is 63.2 Å². The highest BCUT2D eigenvalue weighted by Gasteiger charge is 2.24. The van der Waals surface area contributed by atoms with Gasteiger partial charge in [-0.15, -0.1) is 0 Å². The molecule has 2 N–H and O–H groups in total. The second kappa shape index (κ2) is 7.12. The lowest BCUT2D eigenvalue weighted by atomic mass is 10.4. The molecule has 1 atom stereocenters. The number of sulfone groups is 1. The average Bonchev–Trinajstić information content (AvgIpc) is 2.55. The SMILES string of the molecule is C[C@H](NS(=O)(=O)c1cccc(S(=O)(=O)c2ccc(Cl)cc2)c1)C(=O)O. The molecule has 0 saturated carbocycles. The zero-order valence-corrected chi connectivity index (χ0v) is 15.3. The third-order valence-corrected chi connectivity index (χ3v) is 6.81. The summed E-state index contributed by atoms with van der Waals surface area (Å²) in [4.78, 5) is 10.2. The van der Waals surface area contributed by atoms with Crippen molar-refractivity contribution >= 4 is 37.4 Å². The second-order valence-corrected chi connectivity index (χ2v) is 9.21. The minimum Gasteiger partial charge on any atom is -0.480 e. The lowest BCUT2D eigenvalue weighted by molar-refractivity contribution is -0.138. The quantitative estimate of drug-likeness (QED) is 0.760. The monoisotopic (exact) mass is 403 g/mol. The maximum atomic E-state index is 12.6. The zero-order chi connectivity index (χ0) is 18.8. The van der Waals surface area contributed by atoms with Crippen molar-refractivity contribution in [3.63, 3.8) is 0 Å². The summed E-state index contributed by atoms with van der Waals surface area (Å²) in [5, 5.41) is 9.18. The van der Waals surface area contributed by atoms with Crippen LogP contribution in [0.2, 0.25) is 5.02 Å². The van der Waals surface area contributed by atoms with Gasteiger partial charge in [0.1, 0.15) is 6.04 Å². The first kappa shape index (κ1) is 19.4. The number of nitrogens with one attached hydrogen (secondary N) is 1. The Morgan fingerprint density at radius 1 is 1.00 bits per heavy atom. The van der Waals surface area contributed by atoms with Crippen LogP contribution in [0, 0.1) is 0 Å². The zero-order valence-electron chi connectivity index (χ0n) is 12.9. The highest BCUT2D eigenvalue weighted by molar-refractivity contribution is 7.91. The molecular formula is C15H14ClNO6S2. The van der Waals surface area contributed by atoms with Crippen molar-refractivity contribution in [3.05, 3.63) is 53.6 Å². The molecule has 2 aromatic rings. The Labute approximate surface area is 150 Å². The van der Waals surface area contributed by atoms with E-state index in [2.05, 4.69) is 0 Å². The Balaban J connectivity index is 2.45. The predicted octanol–water partition coefficient (Wildman–Crippen LogP) is 1.92. The van der Waals surface area contributed by atoms with E-state index in [4.69, 9.17) is 16.7 Å². The van der Waals surface area contributed by atoms with Crippen molar-refractivity contribution in [3.8, 4) is 0 Å². The maximum absolute atomic E-state index is 12.6. The summed E-state index contributed by atoms with van der Waals surface area (Å²) in [7, 11) is -8.14. The third kappa shape index (κ3) is 4.37. The summed E-state index contributed by atoms with van der Waals surface area (Å²) in [6.45, 7) is 1.16. The van der Waals surface area contributed by atoms with Gasteiger partial charge in [-0.25, -0.2) is 16.8 Å². The molecule has 0 aliphatic heterocycles. The van der Waals surface area contributed by atoms with Crippen LogP contribution < -0.4 is 4.72 Å². The largest absolute Gasteiger partial charge is 0.480 e. The van der Waals surface area contributed by atoms with E-state index in [1.165, 1.54) is 42.5 Å². The molecule has 0 bridgehead atoms. The van der Waals surface area contributed by atoms with Gasteiger partial charge in [-0.1, -0.05) is 17.7 Å². The number of halogens is 1. The van der Waals surface area contributed by atoms with Crippen molar-refractivity contribution in [1.82, 2.24) is 4.72 Å². The van der Waals surface area contributed by atoms with E-state index in [0.717, 1.165) is 13.0 Å². The molecule has 0 fully saturated rings.